The topological polar surface area (TPSA) is 48.4 Å². The summed E-state index contributed by atoms with van der Waals surface area (Å²) in [5.74, 6) is 0.671. The van der Waals surface area contributed by atoms with E-state index in [1.807, 2.05) is 26.0 Å². The van der Waals surface area contributed by atoms with E-state index in [0.717, 1.165) is 16.1 Å². The van der Waals surface area contributed by atoms with Crippen LogP contribution in [0.2, 0.25) is 5.02 Å². The van der Waals surface area contributed by atoms with Crippen molar-refractivity contribution >= 4 is 17.6 Å². The van der Waals surface area contributed by atoms with Crippen molar-refractivity contribution in [3.8, 4) is 11.6 Å². The van der Waals surface area contributed by atoms with Gasteiger partial charge in [-0.3, -0.25) is 0 Å². The third-order valence-electron chi connectivity index (χ3n) is 2.88. The van der Waals surface area contributed by atoms with Crippen LogP contribution in [0.5, 0.6) is 11.6 Å². The van der Waals surface area contributed by atoms with Crippen molar-refractivity contribution < 1.29 is 14.3 Å². The summed E-state index contributed by atoms with van der Waals surface area (Å²) in [6.07, 6.45) is 1.43. The molecule has 1 aromatic heterocycles. The van der Waals surface area contributed by atoms with E-state index in [9.17, 15) is 4.79 Å². The number of aromatic nitrogens is 1. The van der Waals surface area contributed by atoms with E-state index in [-0.39, 0.29) is 0 Å². The van der Waals surface area contributed by atoms with E-state index in [1.165, 1.54) is 6.20 Å². The summed E-state index contributed by atoms with van der Waals surface area (Å²) in [6.45, 7) is 5.92. The molecule has 0 atom stereocenters. The molecular formula is C16H16ClNO3. The highest BCUT2D eigenvalue weighted by Gasteiger charge is 2.08. The van der Waals surface area contributed by atoms with Crippen LogP contribution in [-0.2, 0) is 4.74 Å². The average molecular weight is 306 g/mol. The third kappa shape index (κ3) is 3.73. The van der Waals surface area contributed by atoms with Crippen molar-refractivity contribution in [2.75, 3.05) is 6.61 Å². The van der Waals surface area contributed by atoms with Gasteiger partial charge >= 0.3 is 5.97 Å². The number of halogens is 1. The SMILES string of the molecule is CCOC(=O)c1ccc(Oc2cc(C)c(Cl)c(C)c2)nc1. The molecule has 0 saturated heterocycles. The molecule has 0 saturated carbocycles. The Kier molecular flexibility index (Phi) is 4.81. The van der Waals surface area contributed by atoms with Gasteiger partial charge in [0.25, 0.3) is 0 Å². The number of carbonyl (C=O) groups excluding carboxylic acids is 1. The maximum atomic E-state index is 11.5. The first-order chi connectivity index (χ1) is 10.0. The zero-order valence-corrected chi connectivity index (χ0v) is 12.9. The Labute approximate surface area is 128 Å². The van der Waals surface area contributed by atoms with Crippen LogP contribution in [0.25, 0.3) is 0 Å². The molecular weight excluding hydrogens is 290 g/mol. The molecule has 4 nitrogen and oxygen atoms in total. The zero-order valence-electron chi connectivity index (χ0n) is 12.1. The van der Waals surface area contributed by atoms with Crippen LogP contribution in [-0.4, -0.2) is 17.6 Å². The standard InChI is InChI=1S/C16H16ClNO3/c1-4-20-16(19)12-5-6-14(18-9-12)21-13-7-10(2)15(17)11(3)8-13/h5-9H,4H2,1-3H3. The lowest BCUT2D eigenvalue weighted by molar-refractivity contribution is 0.0526. The maximum Gasteiger partial charge on any atom is 0.339 e. The second-order valence-electron chi connectivity index (χ2n) is 4.58. The van der Waals surface area contributed by atoms with Crippen LogP contribution in [0.4, 0.5) is 0 Å². The van der Waals surface area contributed by atoms with E-state index < -0.39 is 5.97 Å². The van der Waals surface area contributed by atoms with Crippen LogP contribution in [0.15, 0.2) is 30.5 Å². The number of pyridine rings is 1. The highest BCUT2D eigenvalue weighted by molar-refractivity contribution is 6.32. The predicted molar refractivity (Wildman–Crippen MR) is 81.2 cm³/mol. The number of benzene rings is 1. The highest BCUT2D eigenvalue weighted by atomic mass is 35.5. The first-order valence-corrected chi connectivity index (χ1v) is 6.97. The van der Waals surface area contributed by atoms with E-state index >= 15 is 0 Å². The molecule has 0 radical (unpaired) electrons. The molecule has 0 aliphatic rings. The van der Waals surface area contributed by atoms with Gasteiger partial charge in [0.1, 0.15) is 5.75 Å². The second kappa shape index (κ2) is 6.59. The highest BCUT2D eigenvalue weighted by Crippen LogP contribution is 2.28. The van der Waals surface area contributed by atoms with E-state index in [2.05, 4.69) is 4.98 Å². The molecule has 110 valence electrons. The largest absolute Gasteiger partial charge is 0.462 e. The summed E-state index contributed by atoms with van der Waals surface area (Å²) in [5, 5.41) is 0.730. The quantitative estimate of drug-likeness (QED) is 0.789. The minimum Gasteiger partial charge on any atom is -0.462 e. The Hall–Kier alpha value is -2.07. The van der Waals surface area contributed by atoms with Gasteiger partial charge in [0.15, 0.2) is 0 Å². The van der Waals surface area contributed by atoms with Crippen molar-refractivity contribution in [2.45, 2.75) is 20.8 Å². The zero-order chi connectivity index (χ0) is 15.4. The smallest absolute Gasteiger partial charge is 0.339 e. The monoisotopic (exact) mass is 305 g/mol. The van der Waals surface area contributed by atoms with Crippen LogP contribution < -0.4 is 4.74 Å². The summed E-state index contributed by atoms with van der Waals surface area (Å²) in [4.78, 5) is 15.6. The van der Waals surface area contributed by atoms with Gasteiger partial charge < -0.3 is 9.47 Å². The molecule has 0 aliphatic carbocycles. The van der Waals surface area contributed by atoms with Gasteiger partial charge in [-0.1, -0.05) is 11.6 Å². The summed E-state index contributed by atoms with van der Waals surface area (Å²) in [5.41, 5.74) is 2.28. The molecule has 21 heavy (non-hydrogen) atoms. The van der Waals surface area contributed by atoms with Crippen molar-refractivity contribution in [2.24, 2.45) is 0 Å². The van der Waals surface area contributed by atoms with Crippen molar-refractivity contribution in [3.05, 3.63) is 52.2 Å². The van der Waals surface area contributed by atoms with E-state index in [0.29, 0.717) is 23.8 Å². The molecule has 0 unspecified atom stereocenters. The van der Waals surface area contributed by atoms with Crippen molar-refractivity contribution in [1.82, 2.24) is 4.98 Å². The number of rotatable bonds is 4. The van der Waals surface area contributed by atoms with Gasteiger partial charge in [-0.2, -0.15) is 0 Å². The third-order valence-corrected chi connectivity index (χ3v) is 3.48. The first-order valence-electron chi connectivity index (χ1n) is 6.59. The van der Waals surface area contributed by atoms with Crippen LogP contribution >= 0.6 is 11.6 Å². The fraction of sp³-hybridized carbons (Fsp3) is 0.250. The molecule has 2 rings (SSSR count). The molecule has 5 heteroatoms. The second-order valence-corrected chi connectivity index (χ2v) is 4.96. The predicted octanol–water partition coefficient (Wildman–Crippen LogP) is 4.32. The minimum atomic E-state index is -0.394. The summed E-state index contributed by atoms with van der Waals surface area (Å²) in [6, 6.07) is 6.94. The molecule has 2 aromatic rings. The molecule has 0 bridgehead atoms. The summed E-state index contributed by atoms with van der Waals surface area (Å²) < 4.78 is 10.6. The van der Waals surface area contributed by atoms with Crippen LogP contribution in [0, 0.1) is 13.8 Å². The minimum absolute atomic E-state index is 0.334. The number of esters is 1. The Balaban J connectivity index is 2.15. The van der Waals surface area contributed by atoms with Gasteiger partial charge in [-0.25, -0.2) is 9.78 Å². The lowest BCUT2D eigenvalue weighted by atomic mass is 10.1. The Morgan fingerprint density at radius 1 is 1.24 bits per heavy atom. The molecule has 1 aromatic carbocycles. The molecule has 1 heterocycles. The first kappa shape index (κ1) is 15.3. The maximum absolute atomic E-state index is 11.5. The van der Waals surface area contributed by atoms with Gasteiger partial charge in [0, 0.05) is 17.3 Å². The number of carbonyl (C=O) groups is 1. The van der Waals surface area contributed by atoms with Gasteiger partial charge in [0.05, 0.1) is 12.2 Å². The van der Waals surface area contributed by atoms with Crippen molar-refractivity contribution in [1.29, 1.82) is 0 Å². The number of hydrogen-bond donors (Lipinski definition) is 0. The molecule has 0 spiro atoms. The van der Waals surface area contributed by atoms with Crippen LogP contribution in [0.3, 0.4) is 0 Å². The van der Waals surface area contributed by atoms with Crippen LogP contribution in [0.1, 0.15) is 28.4 Å². The summed E-state index contributed by atoms with van der Waals surface area (Å²) >= 11 is 6.12. The number of nitrogens with zero attached hydrogens (tertiary/aromatic N) is 1. The van der Waals surface area contributed by atoms with Gasteiger partial charge in [-0.05, 0) is 50.1 Å². The Bertz CT molecular complexity index is 630. The fourth-order valence-electron chi connectivity index (χ4n) is 1.86. The van der Waals surface area contributed by atoms with E-state index in [4.69, 9.17) is 21.1 Å². The summed E-state index contributed by atoms with van der Waals surface area (Å²) in [7, 11) is 0. The molecule has 0 N–H and O–H groups in total. The molecule has 0 amide bonds. The molecule has 0 aliphatic heterocycles. The number of aryl methyl sites for hydroxylation is 2. The molecule has 0 fully saturated rings. The lowest BCUT2D eigenvalue weighted by Gasteiger charge is -2.09. The van der Waals surface area contributed by atoms with Crippen molar-refractivity contribution in [3.63, 3.8) is 0 Å². The Morgan fingerprint density at radius 3 is 2.43 bits per heavy atom. The lowest BCUT2D eigenvalue weighted by Crippen LogP contribution is -2.04. The number of hydrogen-bond acceptors (Lipinski definition) is 4. The van der Waals surface area contributed by atoms with E-state index in [1.54, 1.807) is 19.1 Å². The van der Waals surface area contributed by atoms with Gasteiger partial charge in [-0.15, -0.1) is 0 Å². The van der Waals surface area contributed by atoms with Gasteiger partial charge in [0.2, 0.25) is 5.88 Å². The normalized spacial score (nSPS) is 10.3. The Morgan fingerprint density at radius 2 is 1.90 bits per heavy atom. The fourth-order valence-corrected chi connectivity index (χ4v) is 1.97. The number of ether oxygens (including phenoxy) is 2. The average Bonchev–Trinajstić information content (AvgIpc) is 2.45.